The van der Waals surface area contributed by atoms with Crippen molar-refractivity contribution < 1.29 is 19.1 Å². The van der Waals surface area contributed by atoms with Crippen LogP contribution in [0.15, 0.2) is 54.6 Å². The van der Waals surface area contributed by atoms with E-state index in [1.54, 1.807) is 48.4 Å². The fourth-order valence-corrected chi connectivity index (χ4v) is 3.81. The molecule has 142 valence electrons. The van der Waals surface area contributed by atoms with Crippen LogP contribution in [0, 0.1) is 0 Å². The first-order chi connectivity index (χ1) is 13.6. The highest BCUT2D eigenvalue weighted by Gasteiger charge is 2.43. The van der Waals surface area contributed by atoms with Crippen LogP contribution in [0.5, 0.6) is 5.75 Å². The molecule has 2 aliphatic heterocycles. The minimum atomic E-state index is -0.594. The SMILES string of the molecule is COc1ccccc1/C=C/C(=O)N1C(=O)[C@H]2CCCN2C(=O)c2ccccc21. The van der Waals surface area contributed by atoms with Gasteiger partial charge in [0.1, 0.15) is 11.8 Å². The van der Waals surface area contributed by atoms with E-state index in [0.717, 1.165) is 16.9 Å². The third-order valence-electron chi connectivity index (χ3n) is 5.16. The zero-order chi connectivity index (χ0) is 19.7. The molecule has 0 saturated carbocycles. The van der Waals surface area contributed by atoms with Crippen LogP contribution < -0.4 is 9.64 Å². The summed E-state index contributed by atoms with van der Waals surface area (Å²) < 4.78 is 5.30. The van der Waals surface area contributed by atoms with Gasteiger partial charge in [-0.2, -0.15) is 0 Å². The summed E-state index contributed by atoms with van der Waals surface area (Å²) in [5.41, 5.74) is 1.44. The van der Waals surface area contributed by atoms with E-state index in [-0.39, 0.29) is 11.8 Å². The van der Waals surface area contributed by atoms with Gasteiger partial charge in [-0.05, 0) is 37.1 Å². The predicted molar refractivity (Wildman–Crippen MR) is 105 cm³/mol. The topological polar surface area (TPSA) is 66.9 Å². The Balaban J connectivity index is 1.73. The number of fused-ring (bicyclic) bond motifs is 2. The second-order valence-electron chi connectivity index (χ2n) is 6.76. The molecule has 0 radical (unpaired) electrons. The Morgan fingerprint density at radius 2 is 1.86 bits per heavy atom. The zero-order valence-electron chi connectivity index (χ0n) is 15.5. The molecule has 2 aromatic carbocycles. The second-order valence-corrected chi connectivity index (χ2v) is 6.76. The van der Waals surface area contributed by atoms with Crippen molar-refractivity contribution in [3.63, 3.8) is 0 Å². The molecule has 1 fully saturated rings. The van der Waals surface area contributed by atoms with Crippen LogP contribution in [0.2, 0.25) is 0 Å². The molecule has 1 atom stereocenters. The number of ether oxygens (including phenoxy) is 1. The van der Waals surface area contributed by atoms with E-state index in [1.807, 2.05) is 18.2 Å². The molecule has 0 unspecified atom stereocenters. The average Bonchev–Trinajstić information content (AvgIpc) is 3.19. The third-order valence-corrected chi connectivity index (χ3v) is 5.16. The summed E-state index contributed by atoms with van der Waals surface area (Å²) in [5, 5.41) is 0. The summed E-state index contributed by atoms with van der Waals surface area (Å²) in [5.74, 6) is -0.405. The Hall–Kier alpha value is -3.41. The first-order valence-corrected chi connectivity index (χ1v) is 9.21. The highest BCUT2D eigenvalue weighted by molar-refractivity contribution is 6.25. The van der Waals surface area contributed by atoms with Gasteiger partial charge in [-0.25, -0.2) is 4.90 Å². The number of hydrogen-bond acceptors (Lipinski definition) is 4. The van der Waals surface area contributed by atoms with Crippen molar-refractivity contribution in [2.24, 2.45) is 0 Å². The van der Waals surface area contributed by atoms with Gasteiger partial charge in [0.25, 0.3) is 17.7 Å². The lowest BCUT2D eigenvalue weighted by Gasteiger charge is -2.23. The van der Waals surface area contributed by atoms with Gasteiger partial charge in [0.2, 0.25) is 0 Å². The Morgan fingerprint density at radius 1 is 1.11 bits per heavy atom. The highest BCUT2D eigenvalue weighted by Crippen LogP contribution is 2.32. The van der Waals surface area contributed by atoms with Crippen LogP contribution in [0.25, 0.3) is 6.08 Å². The minimum absolute atomic E-state index is 0.199. The van der Waals surface area contributed by atoms with Crippen molar-refractivity contribution in [1.82, 2.24) is 4.90 Å². The highest BCUT2D eigenvalue weighted by atomic mass is 16.5. The molecular formula is C22H20N2O4. The lowest BCUT2D eigenvalue weighted by molar-refractivity contribution is -0.126. The monoisotopic (exact) mass is 376 g/mol. The number of nitrogens with zero attached hydrogens (tertiary/aromatic N) is 2. The Morgan fingerprint density at radius 3 is 2.68 bits per heavy atom. The Labute approximate surface area is 163 Å². The lowest BCUT2D eigenvalue weighted by atomic mass is 10.1. The van der Waals surface area contributed by atoms with Crippen LogP contribution in [-0.4, -0.2) is 42.3 Å². The van der Waals surface area contributed by atoms with Crippen LogP contribution in [0.1, 0.15) is 28.8 Å². The van der Waals surface area contributed by atoms with Crippen molar-refractivity contribution in [3.8, 4) is 5.75 Å². The van der Waals surface area contributed by atoms with Crippen LogP contribution in [0.3, 0.4) is 0 Å². The third kappa shape index (κ3) is 2.97. The van der Waals surface area contributed by atoms with Gasteiger partial charge in [-0.1, -0.05) is 30.3 Å². The minimum Gasteiger partial charge on any atom is -0.496 e. The first-order valence-electron chi connectivity index (χ1n) is 9.21. The van der Waals surface area contributed by atoms with Gasteiger partial charge in [0.05, 0.1) is 18.4 Å². The summed E-state index contributed by atoms with van der Waals surface area (Å²) in [4.78, 5) is 41.8. The van der Waals surface area contributed by atoms with E-state index in [0.29, 0.717) is 30.0 Å². The molecule has 4 rings (SSSR count). The number of imide groups is 1. The molecule has 2 aromatic rings. The largest absolute Gasteiger partial charge is 0.496 e. The van der Waals surface area contributed by atoms with Crippen LogP contribution in [-0.2, 0) is 9.59 Å². The van der Waals surface area contributed by atoms with Crippen molar-refractivity contribution in [2.75, 3.05) is 18.6 Å². The number of anilines is 1. The quantitative estimate of drug-likeness (QED) is 0.773. The molecule has 0 spiro atoms. The number of carbonyl (C=O) groups is 3. The van der Waals surface area contributed by atoms with Crippen molar-refractivity contribution in [2.45, 2.75) is 18.9 Å². The number of para-hydroxylation sites is 2. The predicted octanol–water partition coefficient (Wildman–Crippen LogP) is 2.89. The number of carbonyl (C=O) groups excluding carboxylic acids is 3. The van der Waals surface area contributed by atoms with Crippen molar-refractivity contribution >= 4 is 29.5 Å². The number of amides is 3. The maximum Gasteiger partial charge on any atom is 0.257 e. The normalized spacial score (nSPS) is 18.8. The molecule has 28 heavy (non-hydrogen) atoms. The number of rotatable bonds is 3. The maximum atomic E-state index is 13.2. The van der Waals surface area contributed by atoms with E-state index in [2.05, 4.69) is 0 Å². The molecule has 0 N–H and O–H groups in total. The molecular weight excluding hydrogens is 356 g/mol. The van der Waals surface area contributed by atoms with E-state index < -0.39 is 11.9 Å². The first kappa shape index (κ1) is 18.0. The molecule has 0 aromatic heterocycles. The summed E-state index contributed by atoms with van der Waals surface area (Å²) in [6, 6.07) is 13.5. The fraction of sp³-hybridized carbons (Fsp3) is 0.227. The second kappa shape index (κ2) is 7.31. The standard InChI is InChI=1S/C22H20N2O4/c1-28-19-11-5-2-7-15(19)12-13-20(25)24-17-9-4-3-8-16(17)21(26)23-14-6-10-18(23)22(24)27/h2-5,7-9,11-13,18H,6,10,14H2,1H3/b13-12+/t18-/m1/s1. The molecule has 1 saturated heterocycles. The van der Waals surface area contributed by atoms with Gasteiger partial charge in [0, 0.05) is 18.2 Å². The summed E-state index contributed by atoms with van der Waals surface area (Å²) >= 11 is 0. The van der Waals surface area contributed by atoms with Gasteiger partial charge < -0.3 is 9.64 Å². The van der Waals surface area contributed by atoms with E-state index in [9.17, 15) is 14.4 Å². The van der Waals surface area contributed by atoms with E-state index in [4.69, 9.17) is 4.74 Å². The Kier molecular flexibility index (Phi) is 4.69. The maximum absolute atomic E-state index is 13.2. The Bertz CT molecular complexity index is 982. The molecule has 6 heteroatoms. The lowest BCUT2D eigenvalue weighted by Crippen LogP contribution is -2.46. The number of hydrogen-bond donors (Lipinski definition) is 0. The van der Waals surface area contributed by atoms with E-state index in [1.165, 1.54) is 6.08 Å². The van der Waals surface area contributed by atoms with Crippen molar-refractivity contribution in [3.05, 3.63) is 65.7 Å². The van der Waals surface area contributed by atoms with E-state index >= 15 is 0 Å². The fourth-order valence-electron chi connectivity index (χ4n) is 3.81. The number of methoxy groups -OCH3 is 1. The molecule has 0 aliphatic carbocycles. The van der Waals surface area contributed by atoms with Gasteiger partial charge >= 0.3 is 0 Å². The van der Waals surface area contributed by atoms with Gasteiger partial charge in [0.15, 0.2) is 0 Å². The summed E-state index contributed by atoms with van der Waals surface area (Å²) in [6.07, 6.45) is 4.29. The molecule has 2 heterocycles. The summed E-state index contributed by atoms with van der Waals surface area (Å²) in [7, 11) is 1.56. The van der Waals surface area contributed by atoms with Crippen LogP contribution >= 0.6 is 0 Å². The van der Waals surface area contributed by atoms with Gasteiger partial charge in [-0.15, -0.1) is 0 Å². The zero-order valence-corrected chi connectivity index (χ0v) is 15.5. The summed E-state index contributed by atoms with van der Waals surface area (Å²) in [6.45, 7) is 0.530. The van der Waals surface area contributed by atoms with Crippen LogP contribution in [0.4, 0.5) is 5.69 Å². The molecule has 3 amide bonds. The van der Waals surface area contributed by atoms with Crippen molar-refractivity contribution in [1.29, 1.82) is 0 Å². The molecule has 6 nitrogen and oxygen atoms in total. The number of benzene rings is 2. The van der Waals surface area contributed by atoms with Gasteiger partial charge in [-0.3, -0.25) is 14.4 Å². The molecule has 2 aliphatic rings. The smallest absolute Gasteiger partial charge is 0.257 e. The molecule has 0 bridgehead atoms. The average molecular weight is 376 g/mol.